The minimum absolute atomic E-state index is 0.0650. The van der Waals surface area contributed by atoms with Crippen molar-refractivity contribution < 1.29 is 40.3 Å². The smallest absolute Gasteiger partial charge is 0.388 e. The lowest BCUT2D eigenvalue weighted by Gasteiger charge is -2.21. The number of carbonyl (C=O) groups is 1. The Morgan fingerprint density at radius 1 is 1.11 bits per heavy atom. The molecule has 0 spiro atoms. The summed E-state index contributed by atoms with van der Waals surface area (Å²) < 4.78 is 86.4. The molecule has 2 N–H and O–H groups in total. The van der Waals surface area contributed by atoms with Crippen LogP contribution in [0.3, 0.4) is 0 Å². The number of fused-ring (bicyclic) bond motifs is 6. The number of benzene rings is 2. The van der Waals surface area contributed by atoms with E-state index in [-0.39, 0.29) is 46.5 Å². The second-order valence-electron chi connectivity index (χ2n) is 10.5. The van der Waals surface area contributed by atoms with Crippen molar-refractivity contribution in [1.82, 2.24) is 19.9 Å². The number of ether oxygens (including phenoxy) is 2. The van der Waals surface area contributed by atoms with E-state index in [9.17, 15) is 26.4 Å². The third kappa shape index (κ3) is 5.27. The minimum Gasteiger partial charge on any atom is -0.470 e. The second-order valence-corrected chi connectivity index (χ2v) is 12.5. The van der Waals surface area contributed by atoms with Crippen LogP contribution in [0.25, 0.3) is 55.8 Å². The molecule has 0 radical (unpaired) electrons. The van der Waals surface area contributed by atoms with Gasteiger partial charge in [-0.15, -0.1) is 0 Å². The van der Waals surface area contributed by atoms with Crippen molar-refractivity contribution in [3.8, 4) is 45.6 Å². The summed E-state index contributed by atoms with van der Waals surface area (Å²) >= 11 is 0. The fourth-order valence-corrected chi connectivity index (χ4v) is 6.17. The van der Waals surface area contributed by atoms with Gasteiger partial charge < -0.3 is 23.8 Å². The highest BCUT2D eigenvalue weighted by Crippen LogP contribution is 2.43. The predicted octanol–water partition coefficient (Wildman–Crippen LogP) is 6.39. The largest absolute Gasteiger partial charge is 0.470 e. The second kappa shape index (κ2) is 11.3. The molecule has 47 heavy (non-hydrogen) atoms. The average molecular weight is 664 g/mol. The summed E-state index contributed by atoms with van der Waals surface area (Å²) in [7, 11) is -2.37. The molecular formula is C32H24F3N5O6S. The van der Waals surface area contributed by atoms with E-state index in [0.717, 1.165) is 0 Å². The number of anilines is 1. The van der Waals surface area contributed by atoms with Crippen molar-refractivity contribution in [3.05, 3.63) is 78.2 Å². The molecule has 0 aliphatic carbocycles. The zero-order valence-electron chi connectivity index (χ0n) is 24.7. The van der Waals surface area contributed by atoms with E-state index in [0.29, 0.717) is 44.7 Å². The number of rotatable bonds is 8. The summed E-state index contributed by atoms with van der Waals surface area (Å²) in [6, 6.07) is 15.4. The number of pyridine rings is 2. The third-order valence-electron chi connectivity index (χ3n) is 7.75. The van der Waals surface area contributed by atoms with Crippen molar-refractivity contribution >= 4 is 43.5 Å². The maximum atomic E-state index is 14.7. The number of halogens is 3. The fraction of sp³-hybridized carbons (Fsp3) is 0.156. The molecule has 240 valence electrons. The van der Waals surface area contributed by atoms with Crippen molar-refractivity contribution in [2.75, 3.05) is 17.5 Å². The Kier molecular flexibility index (Phi) is 7.27. The topological polar surface area (TPSA) is 138 Å². The van der Waals surface area contributed by atoms with Gasteiger partial charge in [-0.25, -0.2) is 22.8 Å². The first kappa shape index (κ1) is 30.1. The van der Waals surface area contributed by atoms with Crippen LogP contribution in [0, 0.1) is 5.82 Å². The number of nitrogens with zero attached hydrogens (tertiary/aromatic N) is 3. The zero-order valence-corrected chi connectivity index (χ0v) is 25.5. The summed E-state index contributed by atoms with van der Waals surface area (Å²) in [5, 5.41) is 3.29. The van der Waals surface area contributed by atoms with Gasteiger partial charge in [0.2, 0.25) is 15.9 Å². The van der Waals surface area contributed by atoms with Gasteiger partial charge in [-0.3, -0.25) is 9.52 Å². The minimum atomic E-state index is -3.81. The van der Waals surface area contributed by atoms with Gasteiger partial charge in [0.1, 0.15) is 28.6 Å². The first-order chi connectivity index (χ1) is 22.6. The monoisotopic (exact) mass is 663 g/mol. The summed E-state index contributed by atoms with van der Waals surface area (Å²) in [4.78, 5) is 22.0. The Bertz CT molecular complexity index is 2320. The van der Waals surface area contributed by atoms with E-state index >= 15 is 0 Å². The van der Waals surface area contributed by atoms with Crippen molar-refractivity contribution in [3.63, 3.8) is 0 Å². The van der Waals surface area contributed by atoms with Gasteiger partial charge in [0.05, 0.1) is 33.9 Å². The van der Waals surface area contributed by atoms with Crippen molar-refractivity contribution in [2.24, 2.45) is 0 Å². The van der Waals surface area contributed by atoms with E-state index in [2.05, 4.69) is 19.8 Å². The van der Waals surface area contributed by atoms with Crippen LogP contribution in [0.4, 0.5) is 18.9 Å². The first-order valence-electron chi connectivity index (χ1n) is 14.2. The molecule has 4 aromatic heterocycles. The van der Waals surface area contributed by atoms with Gasteiger partial charge in [0.25, 0.3) is 5.91 Å². The maximum Gasteiger partial charge on any atom is 0.388 e. The summed E-state index contributed by atoms with van der Waals surface area (Å²) in [6.07, 6.45) is 1.22. The molecule has 1 aliphatic rings. The molecule has 5 heterocycles. The Morgan fingerprint density at radius 2 is 1.94 bits per heavy atom. The van der Waals surface area contributed by atoms with Crippen LogP contribution in [0.2, 0.25) is 0 Å². The molecule has 0 saturated heterocycles. The molecule has 2 aromatic carbocycles. The third-order valence-corrected chi connectivity index (χ3v) is 9.05. The quantitative estimate of drug-likeness (QED) is 0.191. The molecule has 1 amide bonds. The lowest BCUT2D eigenvalue weighted by Crippen LogP contribution is -2.18. The number of furan rings is 1. The molecule has 0 fully saturated rings. The maximum absolute atomic E-state index is 14.7. The molecule has 0 saturated carbocycles. The molecule has 1 aliphatic heterocycles. The van der Waals surface area contributed by atoms with E-state index in [1.54, 1.807) is 41.0 Å². The lowest BCUT2D eigenvalue weighted by molar-refractivity contribution is -0.0528. The van der Waals surface area contributed by atoms with Crippen LogP contribution in [0.15, 0.2) is 71.3 Å². The highest BCUT2D eigenvalue weighted by atomic mass is 32.2. The average Bonchev–Trinajstić information content (AvgIpc) is 3.63. The van der Waals surface area contributed by atoms with E-state index in [4.69, 9.17) is 14.1 Å². The number of hydrogen-bond donors (Lipinski definition) is 2. The SMILES string of the molecule is CCS(=O)(=O)Nc1cc2oc(-c3ccc(OC(F)F)nc3)c(C(=O)NC)c2cc1-c1ccc2c(n1)-c1cc3c(F)cccc3n1CO2. The van der Waals surface area contributed by atoms with Crippen LogP contribution < -0.4 is 19.5 Å². The number of hydrogen-bond acceptors (Lipinski definition) is 8. The van der Waals surface area contributed by atoms with Crippen LogP contribution in [-0.4, -0.2) is 48.3 Å². The summed E-state index contributed by atoms with van der Waals surface area (Å²) in [6.45, 7) is -1.45. The molecule has 0 bridgehead atoms. The Morgan fingerprint density at radius 3 is 2.66 bits per heavy atom. The van der Waals surface area contributed by atoms with E-state index in [1.807, 2.05) is 0 Å². The number of nitrogens with one attached hydrogen (secondary N) is 2. The van der Waals surface area contributed by atoms with Gasteiger partial charge in [-0.2, -0.15) is 8.78 Å². The van der Waals surface area contributed by atoms with Crippen LogP contribution in [0.1, 0.15) is 17.3 Å². The van der Waals surface area contributed by atoms with Gasteiger partial charge in [0, 0.05) is 47.3 Å². The van der Waals surface area contributed by atoms with Crippen LogP contribution in [-0.2, 0) is 16.8 Å². The Hall–Kier alpha value is -5.57. The van der Waals surface area contributed by atoms with Crippen LogP contribution >= 0.6 is 0 Å². The first-order valence-corrected chi connectivity index (χ1v) is 15.9. The molecule has 7 rings (SSSR count). The van der Waals surface area contributed by atoms with Gasteiger partial charge in [-0.1, -0.05) is 6.07 Å². The van der Waals surface area contributed by atoms with Crippen LogP contribution in [0.5, 0.6) is 11.6 Å². The van der Waals surface area contributed by atoms with E-state index in [1.165, 1.54) is 44.4 Å². The Balaban J connectivity index is 1.43. The molecule has 15 heteroatoms. The molecule has 0 unspecified atom stereocenters. The number of carbonyl (C=O) groups excluding carboxylic acids is 1. The summed E-state index contributed by atoms with van der Waals surface area (Å²) in [5.41, 5.74) is 2.92. The van der Waals surface area contributed by atoms with Crippen molar-refractivity contribution in [2.45, 2.75) is 20.3 Å². The van der Waals surface area contributed by atoms with Gasteiger partial charge >= 0.3 is 6.61 Å². The lowest BCUT2D eigenvalue weighted by atomic mass is 10.0. The Labute approximate surface area is 265 Å². The zero-order chi connectivity index (χ0) is 33.0. The van der Waals surface area contributed by atoms with Gasteiger partial charge in [0.15, 0.2) is 6.73 Å². The number of amides is 1. The van der Waals surface area contributed by atoms with Crippen molar-refractivity contribution in [1.29, 1.82) is 0 Å². The summed E-state index contributed by atoms with van der Waals surface area (Å²) in [5.74, 6) is -0.970. The number of alkyl halides is 2. The van der Waals surface area contributed by atoms with E-state index < -0.39 is 28.4 Å². The predicted molar refractivity (Wildman–Crippen MR) is 167 cm³/mol. The fourth-order valence-electron chi connectivity index (χ4n) is 5.52. The normalized spacial score (nSPS) is 12.6. The highest BCUT2D eigenvalue weighted by Gasteiger charge is 2.27. The van der Waals surface area contributed by atoms with Gasteiger partial charge in [-0.05, 0) is 49.4 Å². The standard InChI is InChI=1S/C32H24F3N5O6S/c1-3-47(42,43)39-22-13-26-19(28(31(41)36-2)30(45-26)16-7-10-27(37-14-16)46-32(34)35)11-18(22)21-8-9-25-29(38-21)24-12-17-20(33)5-4-6-23(17)40(24)15-44-25/h4-14,32,39H,3,15H2,1-2H3,(H,36,41). The molecule has 0 atom stereocenters. The number of sulfonamides is 1. The highest BCUT2D eigenvalue weighted by molar-refractivity contribution is 7.92. The number of aromatic nitrogens is 3. The molecular weight excluding hydrogens is 639 g/mol. The molecule has 6 aromatic rings. The molecule has 11 nitrogen and oxygen atoms in total.